The third-order valence-electron chi connectivity index (χ3n) is 2.60. The minimum atomic E-state index is -0.324. The van der Waals surface area contributed by atoms with Crippen LogP contribution in [0, 0.1) is 5.82 Å². The number of halogens is 1. The molecule has 1 aliphatic carbocycles. The molecule has 1 atom stereocenters. The van der Waals surface area contributed by atoms with Crippen LogP contribution in [0.5, 0.6) is 0 Å². The number of aliphatic hydroxyl groups excluding tert-OH is 1. The average Bonchev–Trinajstić information content (AvgIpc) is 2.46. The van der Waals surface area contributed by atoms with Crippen LogP contribution in [-0.4, -0.2) is 5.11 Å². The molecular weight excluding hydrogens is 169 g/mol. The summed E-state index contributed by atoms with van der Waals surface area (Å²) in [6.07, 6.45) is 1.72. The second-order valence-corrected chi connectivity index (χ2v) is 3.45. The van der Waals surface area contributed by atoms with Gasteiger partial charge < -0.3 is 10.8 Å². The number of aryl methyl sites for hydroxylation is 1. The van der Waals surface area contributed by atoms with Gasteiger partial charge in [-0.2, -0.15) is 0 Å². The fourth-order valence-electron chi connectivity index (χ4n) is 1.83. The predicted molar refractivity (Wildman–Crippen MR) is 47.6 cm³/mol. The Morgan fingerprint density at radius 2 is 2.31 bits per heavy atom. The van der Waals surface area contributed by atoms with Gasteiger partial charge in [0.05, 0.1) is 6.61 Å². The van der Waals surface area contributed by atoms with Gasteiger partial charge in [0.2, 0.25) is 0 Å². The normalized spacial score (nSPS) is 20.4. The summed E-state index contributed by atoms with van der Waals surface area (Å²) in [6.45, 7) is -0.258. The Kier molecular flexibility index (Phi) is 2.06. The van der Waals surface area contributed by atoms with Gasteiger partial charge in [0.15, 0.2) is 0 Å². The lowest BCUT2D eigenvalue weighted by Crippen LogP contribution is -2.06. The van der Waals surface area contributed by atoms with E-state index in [0.29, 0.717) is 5.56 Å². The zero-order chi connectivity index (χ0) is 9.42. The smallest absolute Gasteiger partial charge is 0.129 e. The number of hydrogen-bond acceptors (Lipinski definition) is 2. The van der Waals surface area contributed by atoms with Crippen LogP contribution in [0.15, 0.2) is 12.1 Å². The van der Waals surface area contributed by atoms with Gasteiger partial charge in [-0.1, -0.05) is 0 Å². The first-order valence-corrected chi connectivity index (χ1v) is 4.40. The van der Waals surface area contributed by atoms with E-state index in [1.807, 2.05) is 0 Å². The maximum atomic E-state index is 13.2. The third-order valence-corrected chi connectivity index (χ3v) is 2.60. The summed E-state index contributed by atoms with van der Waals surface area (Å²) < 4.78 is 13.2. The van der Waals surface area contributed by atoms with Crippen LogP contribution in [0.2, 0.25) is 0 Å². The molecule has 70 valence electrons. The molecule has 0 heterocycles. The van der Waals surface area contributed by atoms with Crippen molar-refractivity contribution >= 4 is 0 Å². The van der Waals surface area contributed by atoms with E-state index >= 15 is 0 Å². The summed E-state index contributed by atoms with van der Waals surface area (Å²) in [6, 6.07) is 3.19. The standard InChI is InChI=1S/C10H12FNO/c11-9-4-6-1-2-10(12)8(6)3-7(9)5-13/h3-4,10,13H,1-2,5,12H2/t10-/m1/s1. The maximum Gasteiger partial charge on any atom is 0.129 e. The Bertz CT molecular complexity index is 338. The third kappa shape index (κ3) is 1.34. The number of fused-ring (bicyclic) bond motifs is 1. The largest absolute Gasteiger partial charge is 0.392 e. The molecule has 3 heteroatoms. The molecule has 0 aliphatic heterocycles. The molecule has 0 saturated carbocycles. The van der Waals surface area contributed by atoms with Crippen molar-refractivity contribution in [2.24, 2.45) is 5.73 Å². The molecule has 0 radical (unpaired) electrons. The van der Waals surface area contributed by atoms with E-state index in [2.05, 4.69) is 0 Å². The topological polar surface area (TPSA) is 46.2 Å². The highest BCUT2D eigenvalue weighted by Crippen LogP contribution is 2.31. The number of nitrogens with two attached hydrogens (primary N) is 1. The molecule has 0 amide bonds. The van der Waals surface area contributed by atoms with Gasteiger partial charge >= 0.3 is 0 Å². The van der Waals surface area contributed by atoms with Gasteiger partial charge in [-0.25, -0.2) is 4.39 Å². The van der Waals surface area contributed by atoms with Crippen molar-refractivity contribution in [1.29, 1.82) is 0 Å². The van der Waals surface area contributed by atoms with Crippen molar-refractivity contribution in [3.05, 3.63) is 34.6 Å². The molecule has 13 heavy (non-hydrogen) atoms. The molecule has 0 fully saturated rings. The van der Waals surface area contributed by atoms with Gasteiger partial charge in [0, 0.05) is 11.6 Å². The van der Waals surface area contributed by atoms with E-state index < -0.39 is 0 Å². The number of hydrogen-bond donors (Lipinski definition) is 2. The number of benzene rings is 1. The van der Waals surface area contributed by atoms with E-state index in [1.165, 1.54) is 6.07 Å². The second kappa shape index (κ2) is 3.09. The molecule has 0 bridgehead atoms. The first-order valence-electron chi connectivity index (χ1n) is 4.40. The minimum absolute atomic E-state index is 0.0147. The van der Waals surface area contributed by atoms with Crippen molar-refractivity contribution in [1.82, 2.24) is 0 Å². The van der Waals surface area contributed by atoms with Crippen LogP contribution in [0.3, 0.4) is 0 Å². The quantitative estimate of drug-likeness (QED) is 0.685. The zero-order valence-corrected chi connectivity index (χ0v) is 7.26. The SMILES string of the molecule is N[C@@H]1CCc2cc(F)c(CO)cc21. The first kappa shape index (κ1) is 8.66. The molecular formula is C10H12FNO. The van der Waals surface area contributed by atoms with Crippen LogP contribution in [0.25, 0.3) is 0 Å². The summed E-state index contributed by atoms with van der Waals surface area (Å²) in [5, 5.41) is 8.86. The monoisotopic (exact) mass is 181 g/mol. The molecule has 0 unspecified atom stereocenters. The summed E-state index contributed by atoms with van der Waals surface area (Å²) in [5.41, 5.74) is 8.14. The average molecular weight is 181 g/mol. The highest BCUT2D eigenvalue weighted by Gasteiger charge is 2.20. The molecule has 1 aliphatic rings. The molecule has 3 N–H and O–H groups in total. The summed E-state index contributed by atoms with van der Waals surface area (Å²) in [7, 11) is 0. The lowest BCUT2D eigenvalue weighted by molar-refractivity contribution is 0.275. The molecule has 0 aromatic heterocycles. The zero-order valence-electron chi connectivity index (χ0n) is 7.26. The molecule has 2 nitrogen and oxygen atoms in total. The van der Waals surface area contributed by atoms with Crippen LogP contribution in [0.4, 0.5) is 4.39 Å². The molecule has 1 aromatic rings. The van der Waals surface area contributed by atoms with Crippen molar-refractivity contribution in [3.63, 3.8) is 0 Å². The van der Waals surface area contributed by atoms with Gasteiger partial charge in [0.1, 0.15) is 5.82 Å². The van der Waals surface area contributed by atoms with E-state index in [1.54, 1.807) is 6.07 Å². The van der Waals surface area contributed by atoms with Gasteiger partial charge in [-0.3, -0.25) is 0 Å². The predicted octanol–water partition coefficient (Wildman–Crippen LogP) is 1.26. The highest BCUT2D eigenvalue weighted by molar-refractivity contribution is 5.38. The Hall–Kier alpha value is -0.930. The van der Waals surface area contributed by atoms with Crippen LogP contribution in [-0.2, 0) is 13.0 Å². The maximum absolute atomic E-state index is 13.2. The fraction of sp³-hybridized carbons (Fsp3) is 0.400. The highest BCUT2D eigenvalue weighted by atomic mass is 19.1. The Morgan fingerprint density at radius 3 is 3.00 bits per heavy atom. The first-order chi connectivity index (χ1) is 6.22. The number of rotatable bonds is 1. The fourth-order valence-corrected chi connectivity index (χ4v) is 1.83. The van der Waals surface area contributed by atoms with E-state index in [0.717, 1.165) is 24.0 Å². The van der Waals surface area contributed by atoms with Crippen molar-refractivity contribution in [3.8, 4) is 0 Å². The van der Waals surface area contributed by atoms with Crippen LogP contribution in [0.1, 0.15) is 29.2 Å². The Balaban J connectivity index is 2.51. The minimum Gasteiger partial charge on any atom is -0.392 e. The van der Waals surface area contributed by atoms with Crippen molar-refractivity contribution in [2.75, 3.05) is 0 Å². The number of aliphatic hydroxyl groups is 1. The summed E-state index contributed by atoms with van der Waals surface area (Å²) >= 11 is 0. The molecule has 0 saturated heterocycles. The Labute approximate surface area is 76.2 Å². The van der Waals surface area contributed by atoms with E-state index in [4.69, 9.17) is 10.8 Å². The lowest BCUT2D eigenvalue weighted by Gasteiger charge is -2.07. The van der Waals surface area contributed by atoms with E-state index in [9.17, 15) is 4.39 Å². The molecule has 0 spiro atoms. The van der Waals surface area contributed by atoms with Crippen molar-refractivity contribution in [2.45, 2.75) is 25.5 Å². The van der Waals surface area contributed by atoms with Gasteiger partial charge in [-0.15, -0.1) is 0 Å². The summed E-state index contributed by atoms with van der Waals surface area (Å²) in [4.78, 5) is 0. The lowest BCUT2D eigenvalue weighted by atomic mass is 10.0. The second-order valence-electron chi connectivity index (χ2n) is 3.45. The summed E-state index contributed by atoms with van der Waals surface area (Å²) in [5.74, 6) is -0.324. The molecule has 1 aromatic carbocycles. The van der Waals surface area contributed by atoms with Gasteiger partial charge in [-0.05, 0) is 36.1 Å². The van der Waals surface area contributed by atoms with Crippen molar-refractivity contribution < 1.29 is 9.50 Å². The van der Waals surface area contributed by atoms with Crippen LogP contribution < -0.4 is 5.73 Å². The molecule has 2 rings (SSSR count). The van der Waals surface area contributed by atoms with Crippen LogP contribution >= 0.6 is 0 Å². The Morgan fingerprint density at radius 1 is 1.54 bits per heavy atom. The van der Waals surface area contributed by atoms with Gasteiger partial charge in [0.25, 0.3) is 0 Å². The van der Waals surface area contributed by atoms with E-state index in [-0.39, 0.29) is 18.5 Å².